The summed E-state index contributed by atoms with van der Waals surface area (Å²) in [6.45, 7) is 0. The fourth-order valence-corrected chi connectivity index (χ4v) is 2.88. The molecule has 0 spiro atoms. The Labute approximate surface area is 147 Å². The van der Waals surface area contributed by atoms with Crippen molar-refractivity contribution in [1.82, 2.24) is 15.0 Å². The third-order valence-corrected chi connectivity index (χ3v) is 4.20. The van der Waals surface area contributed by atoms with Gasteiger partial charge in [-0.15, -0.1) is 0 Å². The molecule has 3 rings (SSSR count). The largest absolute Gasteiger partial charge is 0.341 e. The van der Waals surface area contributed by atoms with Crippen LogP contribution < -0.4 is 0 Å². The van der Waals surface area contributed by atoms with E-state index < -0.39 is 0 Å². The fourth-order valence-electron chi connectivity index (χ4n) is 2.26. The number of carbonyl (C=O) groups excluding carboxylic acids is 1. The molecule has 118 valence electrons. The van der Waals surface area contributed by atoms with Gasteiger partial charge in [0.15, 0.2) is 5.65 Å². The van der Waals surface area contributed by atoms with Gasteiger partial charge in [-0.1, -0.05) is 40.9 Å². The van der Waals surface area contributed by atoms with Gasteiger partial charge in [-0.25, -0.2) is 9.97 Å². The van der Waals surface area contributed by atoms with E-state index in [-0.39, 0.29) is 12.2 Å². The van der Waals surface area contributed by atoms with Crippen molar-refractivity contribution in [3.05, 3.63) is 56.9 Å². The number of hydrogen-bond donors (Lipinski definition) is 1. The highest BCUT2D eigenvalue weighted by Crippen LogP contribution is 2.22. The lowest BCUT2D eigenvalue weighted by Crippen LogP contribution is -2.05. The average molecular weight is 369 g/mol. The SMILES string of the molecule is O=C(CCc1nc2nc(Cl)ccc2[nH]1)Cc1ccc(Cl)cc1Cl. The first-order chi connectivity index (χ1) is 11.0. The number of nitrogens with one attached hydrogen (secondary N) is 1. The first kappa shape index (κ1) is 16.2. The summed E-state index contributed by atoms with van der Waals surface area (Å²) in [5.41, 5.74) is 2.14. The smallest absolute Gasteiger partial charge is 0.179 e. The number of aryl methyl sites for hydroxylation is 1. The van der Waals surface area contributed by atoms with Crippen LogP contribution in [0.25, 0.3) is 11.2 Å². The summed E-state index contributed by atoms with van der Waals surface area (Å²) in [7, 11) is 0. The number of carbonyl (C=O) groups is 1. The molecule has 3 aromatic rings. The van der Waals surface area contributed by atoms with Crippen LogP contribution in [0.15, 0.2) is 30.3 Å². The van der Waals surface area contributed by atoms with Crippen LogP contribution in [0.2, 0.25) is 15.2 Å². The number of H-pyrrole nitrogens is 1. The number of aromatic nitrogens is 3. The minimum absolute atomic E-state index is 0.0840. The number of ketones is 1. The van der Waals surface area contributed by atoms with Crippen molar-refractivity contribution in [2.24, 2.45) is 0 Å². The van der Waals surface area contributed by atoms with E-state index in [4.69, 9.17) is 34.8 Å². The molecule has 0 aliphatic heterocycles. The molecule has 0 aliphatic carbocycles. The van der Waals surface area contributed by atoms with Gasteiger partial charge in [0, 0.05) is 29.3 Å². The van der Waals surface area contributed by atoms with Crippen LogP contribution in [0.5, 0.6) is 0 Å². The Morgan fingerprint density at radius 1 is 1.09 bits per heavy atom. The van der Waals surface area contributed by atoms with E-state index in [1.54, 1.807) is 24.3 Å². The number of Topliss-reactive ketones (excluding diaryl/α,β-unsaturated/α-hetero) is 1. The standard InChI is InChI=1S/C16H12Cl3N3O/c17-10-2-1-9(12(18)8-10)7-11(23)3-6-15-20-13-4-5-14(19)21-16(13)22-15/h1-2,4-5,8H,3,6-7H2,(H,20,21,22). The van der Waals surface area contributed by atoms with Gasteiger partial charge in [0.05, 0.1) is 5.52 Å². The molecule has 0 saturated carbocycles. The number of benzene rings is 1. The monoisotopic (exact) mass is 367 g/mol. The van der Waals surface area contributed by atoms with Gasteiger partial charge in [0.2, 0.25) is 0 Å². The molecule has 23 heavy (non-hydrogen) atoms. The van der Waals surface area contributed by atoms with E-state index in [1.807, 2.05) is 6.07 Å². The summed E-state index contributed by atoms with van der Waals surface area (Å²) < 4.78 is 0. The predicted molar refractivity (Wildman–Crippen MR) is 92.4 cm³/mol. The predicted octanol–water partition coefficient (Wildman–Crippen LogP) is 4.66. The molecule has 0 saturated heterocycles. The Morgan fingerprint density at radius 3 is 2.70 bits per heavy atom. The Morgan fingerprint density at radius 2 is 1.91 bits per heavy atom. The van der Waals surface area contributed by atoms with Crippen LogP contribution in [-0.4, -0.2) is 20.7 Å². The van der Waals surface area contributed by atoms with Gasteiger partial charge < -0.3 is 4.98 Å². The molecule has 0 aliphatic rings. The Hall–Kier alpha value is -1.62. The van der Waals surface area contributed by atoms with Crippen LogP contribution >= 0.6 is 34.8 Å². The van der Waals surface area contributed by atoms with E-state index in [0.29, 0.717) is 39.5 Å². The number of rotatable bonds is 5. The van der Waals surface area contributed by atoms with Crippen molar-refractivity contribution in [2.75, 3.05) is 0 Å². The molecular weight excluding hydrogens is 357 g/mol. The van der Waals surface area contributed by atoms with E-state index in [9.17, 15) is 4.79 Å². The van der Waals surface area contributed by atoms with Crippen molar-refractivity contribution < 1.29 is 4.79 Å². The number of hydrogen-bond acceptors (Lipinski definition) is 3. The molecule has 2 aromatic heterocycles. The second-order valence-corrected chi connectivity index (χ2v) is 6.37. The third kappa shape index (κ3) is 4.02. The van der Waals surface area contributed by atoms with Crippen molar-refractivity contribution >= 4 is 51.7 Å². The maximum Gasteiger partial charge on any atom is 0.179 e. The minimum Gasteiger partial charge on any atom is -0.341 e. The topological polar surface area (TPSA) is 58.6 Å². The van der Waals surface area contributed by atoms with Gasteiger partial charge in [-0.05, 0) is 29.8 Å². The van der Waals surface area contributed by atoms with E-state index >= 15 is 0 Å². The first-order valence-electron chi connectivity index (χ1n) is 6.98. The van der Waals surface area contributed by atoms with E-state index in [2.05, 4.69) is 15.0 Å². The number of fused-ring (bicyclic) bond motifs is 1. The summed E-state index contributed by atoms with van der Waals surface area (Å²) in [4.78, 5) is 23.7. The third-order valence-electron chi connectivity index (χ3n) is 3.40. The summed E-state index contributed by atoms with van der Waals surface area (Å²) in [5.74, 6) is 0.797. The number of halogens is 3. The summed E-state index contributed by atoms with van der Waals surface area (Å²) in [6, 6.07) is 8.65. The van der Waals surface area contributed by atoms with Crippen molar-refractivity contribution in [1.29, 1.82) is 0 Å². The lowest BCUT2D eigenvalue weighted by Gasteiger charge is -2.03. The second-order valence-electron chi connectivity index (χ2n) is 5.14. The summed E-state index contributed by atoms with van der Waals surface area (Å²) >= 11 is 17.8. The molecule has 0 atom stereocenters. The van der Waals surface area contributed by atoms with Gasteiger partial charge in [0.1, 0.15) is 16.8 Å². The summed E-state index contributed by atoms with van der Waals surface area (Å²) in [6.07, 6.45) is 1.16. The second kappa shape index (κ2) is 6.87. The lowest BCUT2D eigenvalue weighted by atomic mass is 10.1. The molecule has 7 heteroatoms. The Balaban J connectivity index is 1.63. The fraction of sp³-hybridized carbons (Fsp3) is 0.188. The highest BCUT2D eigenvalue weighted by atomic mass is 35.5. The van der Waals surface area contributed by atoms with Crippen LogP contribution in [0.1, 0.15) is 17.8 Å². The van der Waals surface area contributed by atoms with Crippen molar-refractivity contribution in [3.8, 4) is 0 Å². The maximum atomic E-state index is 12.1. The zero-order valence-electron chi connectivity index (χ0n) is 11.9. The molecule has 0 radical (unpaired) electrons. The number of pyridine rings is 1. The maximum absolute atomic E-state index is 12.1. The molecule has 0 unspecified atom stereocenters. The lowest BCUT2D eigenvalue weighted by molar-refractivity contribution is -0.118. The van der Waals surface area contributed by atoms with E-state index in [0.717, 1.165) is 11.1 Å². The molecule has 0 bridgehead atoms. The highest BCUT2D eigenvalue weighted by Gasteiger charge is 2.10. The zero-order valence-corrected chi connectivity index (χ0v) is 14.2. The molecule has 0 fully saturated rings. The normalized spacial score (nSPS) is 11.1. The molecule has 1 N–H and O–H groups in total. The molecule has 1 aromatic carbocycles. The Kier molecular flexibility index (Phi) is 4.85. The van der Waals surface area contributed by atoms with Gasteiger partial charge in [-0.3, -0.25) is 4.79 Å². The van der Waals surface area contributed by atoms with Gasteiger partial charge in [0.25, 0.3) is 0 Å². The van der Waals surface area contributed by atoms with Crippen LogP contribution in [-0.2, 0) is 17.6 Å². The minimum atomic E-state index is 0.0840. The first-order valence-corrected chi connectivity index (χ1v) is 8.11. The molecular formula is C16H12Cl3N3O. The highest BCUT2D eigenvalue weighted by molar-refractivity contribution is 6.35. The van der Waals surface area contributed by atoms with E-state index in [1.165, 1.54) is 0 Å². The van der Waals surface area contributed by atoms with Gasteiger partial charge >= 0.3 is 0 Å². The van der Waals surface area contributed by atoms with Crippen LogP contribution in [0.4, 0.5) is 0 Å². The van der Waals surface area contributed by atoms with Crippen molar-refractivity contribution in [3.63, 3.8) is 0 Å². The number of nitrogens with zero attached hydrogens (tertiary/aromatic N) is 2. The zero-order chi connectivity index (χ0) is 16.4. The molecule has 4 nitrogen and oxygen atoms in total. The quantitative estimate of drug-likeness (QED) is 0.666. The van der Waals surface area contributed by atoms with Gasteiger partial charge in [-0.2, -0.15) is 0 Å². The van der Waals surface area contributed by atoms with Crippen molar-refractivity contribution in [2.45, 2.75) is 19.3 Å². The van der Waals surface area contributed by atoms with Crippen LogP contribution in [0.3, 0.4) is 0 Å². The van der Waals surface area contributed by atoms with Crippen LogP contribution in [0, 0.1) is 0 Å². The number of imidazole rings is 1. The molecule has 2 heterocycles. The Bertz CT molecular complexity index is 876. The molecule has 0 amide bonds. The summed E-state index contributed by atoms with van der Waals surface area (Å²) in [5, 5.41) is 1.46. The average Bonchev–Trinajstić information content (AvgIpc) is 2.90. The number of aromatic amines is 1.